The molecular weight excluding hydrogens is 372 g/mol. The average molecular weight is 396 g/mol. The Balaban J connectivity index is 1.63. The second-order valence-electron chi connectivity index (χ2n) is 7.23. The van der Waals surface area contributed by atoms with Crippen LogP contribution in [0.2, 0.25) is 0 Å². The van der Waals surface area contributed by atoms with E-state index in [0.29, 0.717) is 29.9 Å². The summed E-state index contributed by atoms with van der Waals surface area (Å²) in [4.78, 5) is 38.0. The van der Waals surface area contributed by atoms with E-state index in [9.17, 15) is 19.5 Å². The summed E-state index contributed by atoms with van der Waals surface area (Å²) < 4.78 is 5.66. The molecule has 2 atom stereocenters. The Bertz CT molecular complexity index is 900. The van der Waals surface area contributed by atoms with Crippen molar-refractivity contribution in [3.63, 3.8) is 0 Å². The molecule has 0 aliphatic carbocycles. The van der Waals surface area contributed by atoms with Gasteiger partial charge in [0.15, 0.2) is 0 Å². The lowest BCUT2D eigenvalue weighted by molar-refractivity contribution is -0.115. The van der Waals surface area contributed by atoms with Crippen LogP contribution >= 0.6 is 0 Å². The standard InChI is InChI=1S/C22H24N2O5/c1-14-12-24(13-15(2)29-14)21(26)16-7-9-18(10-8-16)23-20(25)11-17-5-3-4-6-19(17)22(27)28/h3-10,14-15H,11-13H2,1-2H3,(H,23,25)(H,27,28). The van der Waals surface area contributed by atoms with E-state index in [4.69, 9.17) is 4.74 Å². The Morgan fingerprint density at radius 2 is 1.66 bits per heavy atom. The first-order valence-electron chi connectivity index (χ1n) is 9.49. The monoisotopic (exact) mass is 396 g/mol. The number of ether oxygens (including phenoxy) is 1. The van der Waals surface area contributed by atoms with E-state index in [1.54, 1.807) is 47.4 Å². The molecule has 1 fully saturated rings. The third-order valence-corrected chi connectivity index (χ3v) is 4.72. The summed E-state index contributed by atoms with van der Waals surface area (Å²) >= 11 is 0. The molecule has 0 aromatic heterocycles. The SMILES string of the molecule is CC1CN(C(=O)c2ccc(NC(=O)Cc3ccccc3C(=O)O)cc2)CC(C)O1. The zero-order chi connectivity index (χ0) is 21.0. The highest BCUT2D eigenvalue weighted by Gasteiger charge is 2.26. The van der Waals surface area contributed by atoms with Crippen molar-refractivity contribution in [2.45, 2.75) is 32.5 Å². The van der Waals surface area contributed by atoms with Crippen LogP contribution in [0.1, 0.15) is 40.1 Å². The minimum atomic E-state index is -1.07. The predicted octanol–water partition coefficient (Wildman–Crippen LogP) is 2.82. The molecular formula is C22H24N2O5. The first-order valence-corrected chi connectivity index (χ1v) is 9.49. The summed E-state index contributed by atoms with van der Waals surface area (Å²) in [6, 6.07) is 13.1. The highest BCUT2D eigenvalue weighted by molar-refractivity contribution is 5.97. The zero-order valence-corrected chi connectivity index (χ0v) is 16.4. The molecule has 7 nitrogen and oxygen atoms in total. The number of carboxylic acids is 1. The minimum absolute atomic E-state index is 0.00468. The molecule has 3 rings (SSSR count). The van der Waals surface area contributed by atoms with Crippen LogP contribution in [0.4, 0.5) is 5.69 Å². The summed E-state index contributed by atoms with van der Waals surface area (Å²) in [5.41, 5.74) is 1.64. The Labute approximate surface area is 169 Å². The van der Waals surface area contributed by atoms with Crippen molar-refractivity contribution in [2.24, 2.45) is 0 Å². The number of hydrogen-bond donors (Lipinski definition) is 2. The van der Waals surface area contributed by atoms with Crippen LogP contribution in [0.3, 0.4) is 0 Å². The zero-order valence-electron chi connectivity index (χ0n) is 16.4. The number of carbonyl (C=O) groups excluding carboxylic acids is 2. The lowest BCUT2D eigenvalue weighted by Gasteiger charge is -2.35. The summed E-state index contributed by atoms with van der Waals surface area (Å²) in [5, 5.41) is 12.0. The Morgan fingerprint density at radius 1 is 1.03 bits per heavy atom. The number of nitrogens with zero attached hydrogens (tertiary/aromatic N) is 1. The van der Waals surface area contributed by atoms with Gasteiger partial charge in [-0.25, -0.2) is 4.79 Å². The van der Waals surface area contributed by atoms with Crippen molar-refractivity contribution in [3.05, 3.63) is 65.2 Å². The maximum Gasteiger partial charge on any atom is 0.335 e. The van der Waals surface area contributed by atoms with Crippen LogP contribution in [0.5, 0.6) is 0 Å². The molecule has 2 aromatic rings. The molecule has 2 amide bonds. The summed E-state index contributed by atoms with van der Waals surface area (Å²) in [7, 11) is 0. The van der Waals surface area contributed by atoms with E-state index in [1.807, 2.05) is 13.8 Å². The van der Waals surface area contributed by atoms with Gasteiger partial charge in [-0.2, -0.15) is 0 Å². The number of morpholine rings is 1. The highest BCUT2D eigenvalue weighted by Crippen LogP contribution is 2.17. The first kappa shape index (κ1) is 20.5. The van der Waals surface area contributed by atoms with Crippen LogP contribution in [0, 0.1) is 0 Å². The normalized spacial score (nSPS) is 18.9. The van der Waals surface area contributed by atoms with Gasteiger partial charge in [0, 0.05) is 24.3 Å². The number of benzene rings is 2. The Hall–Kier alpha value is -3.19. The van der Waals surface area contributed by atoms with Gasteiger partial charge in [0.2, 0.25) is 5.91 Å². The van der Waals surface area contributed by atoms with Crippen molar-refractivity contribution < 1.29 is 24.2 Å². The van der Waals surface area contributed by atoms with Gasteiger partial charge >= 0.3 is 5.97 Å². The van der Waals surface area contributed by atoms with E-state index in [0.717, 1.165) is 0 Å². The van der Waals surface area contributed by atoms with Gasteiger partial charge in [-0.15, -0.1) is 0 Å². The Morgan fingerprint density at radius 3 is 2.28 bits per heavy atom. The van der Waals surface area contributed by atoms with Crippen LogP contribution in [0.25, 0.3) is 0 Å². The van der Waals surface area contributed by atoms with E-state index < -0.39 is 5.97 Å². The van der Waals surface area contributed by atoms with Gasteiger partial charge in [0.05, 0.1) is 24.2 Å². The van der Waals surface area contributed by atoms with Crippen molar-refractivity contribution in [1.29, 1.82) is 0 Å². The summed E-state index contributed by atoms with van der Waals surface area (Å²) in [6.45, 7) is 4.98. The molecule has 1 saturated heterocycles. The number of anilines is 1. The molecule has 0 saturated carbocycles. The number of carbonyl (C=O) groups is 3. The molecule has 2 aromatic carbocycles. The molecule has 2 N–H and O–H groups in total. The smallest absolute Gasteiger partial charge is 0.335 e. The quantitative estimate of drug-likeness (QED) is 0.810. The molecule has 2 unspecified atom stereocenters. The molecule has 152 valence electrons. The fourth-order valence-electron chi connectivity index (χ4n) is 3.48. The highest BCUT2D eigenvalue weighted by atomic mass is 16.5. The molecule has 0 bridgehead atoms. The van der Waals surface area contributed by atoms with Crippen LogP contribution in [-0.4, -0.2) is 53.1 Å². The van der Waals surface area contributed by atoms with E-state index in [2.05, 4.69) is 5.32 Å². The second kappa shape index (κ2) is 8.87. The predicted molar refractivity (Wildman–Crippen MR) is 108 cm³/mol. The molecule has 0 spiro atoms. The lowest BCUT2D eigenvalue weighted by atomic mass is 10.0. The third kappa shape index (κ3) is 5.20. The molecule has 0 radical (unpaired) electrons. The van der Waals surface area contributed by atoms with Crippen LogP contribution < -0.4 is 5.32 Å². The van der Waals surface area contributed by atoms with Gasteiger partial charge in [0.25, 0.3) is 5.91 Å². The van der Waals surface area contributed by atoms with E-state index in [-0.39, 0.29) is 36.0 Å². The maximum absolute atomic E-state index is 12.7. The van der Waals surface area contributed by atoms with Crippen LogP contribution in [-0.2, 0) is 16.0 Å². The van der Waals surface area contributed by atoms with Crippen molar-refractivity contribution in [3.8, 4) is 0 Å². The number of nitrogens with one attached hydrogen (secondary N) is 1. The average Bonchev–Trinajstić information content (AvgIpc) is 2.67. The Kier molecular flexibility index (Phi) is 6.29. The largest absolute Gasteiger partial charge is 0.478 e. The fourth-order valence-corrected chi connectivity index (χ4v) is 3.48. The lowest BCUT2D eigenvalue weighted by Crippen LogP contribution is -2.48. The molecule has 1 heterocycles. The number of amides is 2. The van der Waals surface area contributed by atoms with E-state index in [1.165, 1.54) is 6.07 Å². The van der Waals surface area contributed by atoms with Gasteiger partial charge in [-0.1, -0.05) is 18.2 Å². The fraction of sp³-hybridized carbons (Fsp3) is 0.318. The van der Waals surface area contributed by atoms with Gasteiger partial charge in [-0.3, -0.25) is 9.59 Å². The van der Waals surface area contributed by atoms with Crippen LogP contribution in [0.15, 0.2) is 48.5 Å². The summed E-state index contributed by atoms with van der Waals surface area (Å²) in [6.07, 6.45) is -0.0583. The van der Waals surface area contributed by atoms with Crippen molar-refractivity contribution >= 4 is 23.5 Å². The number of rotatable bonds is 5. The third-order valence-electron chi connectivity index (χ3n) is 4.72. The number of carboxylic acid groups (broad SMARTS) is 1. The minimum Gasteiger partial charge on any atom is -0.478 e. The molecule has 29 heavy (non-hydrogen) atoms. The maximum atomic E-state index is 12.7. The first-order chi connectivity index (χ1) is 13.8. The number of hydrogen-bond acceptors (Lipinski definition) is 4. The van der Waals surface area contributed by atoms with Crippen molar-refractivity contribution in [2.75, 3.05) is 18.4 Å². The van der Waals surface area contributed by atoms with E-state index >= 15 is 0 Å². The topological polar surface area (TPSA) is 95.9 Å². The van der Waals surface area contributed by atoms with Gasteiger partial charge in [0.1, 0.15) is 0 Å². The molecule has 7 heteroatoms. The molecule has 1 aliphatic heterocycles. The van der Waals surface area contributed by atoms with Gasteiger partial charge < -0.3 is 20.1 Å². The number of aromatic carboxylic acids is 1. The van der Waals surface area contributed by atoms with Crippen molar-refractivity contribution in [1.82, 2.24) is 4.90 Å². The summed E-state index contributed by atoms with van der Waals surface area (Å²) in [5.74, 6) is -1.46. The second-order valence-corrected chi connectivity index (χ2v) is 7.23. The van der Waals surface area contributed by atoms with Gasteiger partial charge in [-0.05, 0) is 49.7 Å². The molecule has 1 aliphatic rings.